The summed E-state index contributed by atoms with van der Waals surface area (Å²) >= 11 is 1.75. The zero-order chi connectivity index (χ0) is 17.6. The van der Waals surface area contributed by atoms with Gasteiger partial charge in [0.15, 0.2) is 9.84 Å². The van der Waals surface area contributed by atoms with Crippen LogP contribution in [0.1, 0.15) is 39.6 Å². The summed E-state index contributed by atoms with van der Waals surface area (Å²) in [5.74, 6) is 2.33. The Morgan fingerprint density at radius 1 is 1.28 bits per heavy atom. The highest BCUT2D eigenvalue weighted by Gasteiger charge is 2.34. The van der Waals surface area contributed by atoms with Crippen molar-refractivity contribution in [3.63, 3.8) is 0 Å². The minimum Gasteiger partial charge on any atom is -0.306 e. The van der Waals surface area contributed by atoms with Gasteiger partial charge in [-0.2, -0.15) is 16.9 Å². The molecule has 3 heterocycles. The van der Waals surface area contributed by atoms with E-state index in [1.54, 1.807) is 28.6 Å². The monoisotopic (exact) mass is 377 g/mol. The maximum absolute atomic E-state index is 12.6. The standard InChI is InChI=1S/C17H19N3O3S2/c1-11-2-4-12(5-3-11)17(21)18-16-14-8-24-9-15(14)19-20(16)13-6-7-25(22,23)10-13/h2-5,13H,6-10H2,1H3,(H,18,21). The molecule has 132 valence electrons. The van der Waals surface area contributed by atoms with Gasteiger partial charge in [-0.25, -0.2) is 13.1 Å². The van der Waals surface area contributed by atoms with Crippen LogP contribution in [-0.2, 0) is 21.3 Å². The second-order valence-corrected chi connectivity index (χ2v) is 9.80. The van der Waals surface area contributed by atoms with E-state index in [2.05, 4.69) is 10.4 Å². The fourth-order valence-corrected chi connectivity index (χ4v) is 6.01. The Hall–Kier alpha value is -1.80. The van der Waals surface area contributed by atoms with Crippen molar-refractivity contribution in [1.29, 1.82) is 0 Å². The first-order valence-corrected chi connectivity index (χ1v) is 11.2. The number of nitrogens with zero attached hydrogens (tertiary/aromatic N) is 2. The van der Waals surface area contributed by atoms with Gasteiger partial charge in [0.05, 0.1) is 23.2 Å². The summed E-state index contributed by atoms with van der Waals surface area (Å²) in [5.41, 5.74) is 3.65. The highest BCUT2D eigenvalue weighted by atomic mass is 32.2. The lowest BCUT2D eigenvalue weighted by molar-refractivity contribution is 0.102. The van der Waals surface area contributed by atoms with Gasteiger partial charge in [-0.05, 0) is 25.5 Å². The van der Waals surface area contributed by atoms with Gasteiger partial charge in [-0.15, -0.1) is 0 Å². The summed E-state index contributed by atoms with van der Waals surface area (Å²) in [4.78, 5) is 12.6. The number of nitrogens with one attached hydrogen (secondary N) is 1. The molecule has 0 bridgehead atoms. The van der Waals surface area contributed by atoms with E-state index in [0.29, 0.717) is 17.8 Å². The van der Waals surface area contributed by atoms with Crippen LogP contribution in [0.3, 0.4) is 0 Å². The molecule has 2 aromatic rings. The molecule has 0 saturated carbocycles. The molecule has 1 saturated heterocycles. The summed E-state index contributed by atoms with van der Waals surface area (Å²) in [6.45, 7) is 1.97. The van der Waals surface area contributed by atoms with Crippen LogP contribution >= 0.6 is 11.8 Å². The number of carbonyl (C=O) groups excluding carboxylic acids is 1. The number of anilines is 1. The van der Waals surface area contributed by atoms with Crippen LogP contribution in [0.4, 0.5) is 5.82 Å². The summed E-state index contributed by atoms with van der Waals surface area (Å²) in [5, 5.41) is 7.60. The largest absolute Gasteiger partial charge is 0.306 e. The number of carbonyl (C=O) groups is 1. The molecule has 25 heavy (non-hydrogen) atoms. The molecule has 2 aliphatic heterocycles. The van der Waals surface area contributed by atoms with Gasteiger partial charge in [-0.3, -0.25) is 4.79 Å². The number of fused-ring (bicyclic) bond motifs is 1. The van der Waals surface area contributed by atoms with Gasteiger partial charge in [0.1, 0.15) is 5.82 Å². The lowest BCUT2D eigenvalue weighted by atomic mass is 10.1. The first kappa shape index (κ1) is 16.7. The summed E-state index contributed by atoms with van der Waals surface area (Å²) in [6, 6.07) is 7.18. The quantitative estimate of drug-likeness (QED) is 0.889. The second-order valence-electron chi connectivity index (χ2n) is 6.59. The molecule has 4 rings (SSSR count). The van der Waals surface area contributed by atoms with Crippen molar-refractivity contribution < 1.29 is 13.2 Å². The van der Waals surface area contributed by atoms with Gasteiger partial charge in [-0.1, -0.05) is 17.7 Å². The molecule has 0 radical (unpaired) electrons. The fraction of sp³-hybridized carbons (Fsp3) is 0.412. The molecule has 6 nitrogen and oxygen atoms in total. The molecule has 1 unspecified atom stereocenters. The summed E-state index contributed by atoms with van der Waals surface area (Å²) < 4.78 is 25.4. The van der Waals surface area contributed by atoms with Crippen LogP contribution in [0.5, 0.6) is 0 Å². The molecular formula is C17H19N3O3S2. The molecule has 0 aliphatic carbocycles. The zero-order valence-corrected chi connectivity index (χ0v) is 15.5. The third kappa shape index (κ3) is 3.20. The molecule has 1 fully saturated rings. The Bertz CT molecular complexity index is 933. The lowest BCUT2D eigenvalue weighted by Crippen LogP contribution is -2.20. The van der Waals surface area contributed by atoms with E-state index in [9.17, 15) is 13.2 Å². The number of hydrogen-bond acceptors (Lipinski definition) is 5. The molecule has 1 amide bonds. The van der Waals surface area contributed by atoms with E-state index in [-0.39, 0.29) is 23.5 Å². The first-order chi connectivity index (χ1) is 11.9. The van der Waals surface area contributed by atoms with Crippen LogP contribution in [-0.4, -0.2) is 35.6 Å². The van der Waals surface area contributed by atoms with Crippen molar-refractivity contribution in [2.45, 2.75) is 30.9 Å². The van der Waals surface area contributed by atoms with Crippen molar-refractivity contribution in [2.75, 3.05) is 16.8 Å². The smallest absolute Gasteiger partial charge is 0.256 e. The van der Waals surface area contributed by atoms with E-state index in [4.69, 9.17) is 0 Å². The maximum Gasteiger partial charge on any atom is 0.256 e. The van der Waals surface area contributed by atoms with Gasteiger partial charge in [0.2, 0.25) is 0 Å². The van der Waals surface area contributed by atoms with E-state index in [1.165, 1.54) is 0 Å². The van der Waals surface area contributed by atoms with Crippen LogP contribution < -0.4 is 5.32 Å². The average molecular weight is 377 g/mol. The summed E-state index contributed by atoms with van der Waals surface area (Å²) in [7, 11) is -3.02. The Kier molecular flexibility index (Phi) is 4.11. The predicted molar refractivity (Wildman–Crippen MR) is 98.7 cm³/mol. The average Bonchev–Trinajstić information content (AvgIpc) is 3.23. The topological polar surface area (TPSA) is 81.1 Å². The molecule has 1 N–H and O–H groups in total. The molecule has 1 atom stereocenters. The van der Waals surface area contributed by atoms with Crippen molar-refractivity contribution >= 4 is 33.3 Å². The highest BCUT2D eigenvalue weighted by molar-refractivity contribution is 7.98. The van der Waals surface area contributed by atoms with E-state index >= 15 is 0 Å². The van der Waals surface area contributed by atoms with Crippen molar-refractivity contribution in [3.8, 4) is 0 Å². The van der Waals surface area contributed by atoms with E-state index in [1.807, 2.05) is 19.1 Å². The minimum atomic E-state index is -3.02. The Balaban J connectivity index is 1.66. The highest BCUT2D eigenvalue weighted by Crippen LogP contribution is 2.38. The van der Waals surface area contributed by atoms with Gasteiger partial charge in [0, 0.05) is 22.6 Å². The van der Waals surface area contributed by atoms with Gasteiger partial charge in [0.25, 0.3) is 5.91 Å². The number of hydrogen-bond donors (Lipinski definition) is 1. The van der Waals surface area contributed by atoms with E-state index < -0.39 is 9.84 Å². The summed E-state index contributed by atoms with van der Waals surface area (Å²) in [6.07, 6.45) is 0.545. The molecule has 0 spiro atoms. The van der Waals surface area contributed by atoms with Crippen LogP contribution in [0, 0.1) is 6.92 Å². The van der Waals surface area contributed by atoms with Crippen LogP contribution in [0.2, 0.25) is 0 Å². The Labute approximate surface area is 150 Å². The number of aromatic nitrogens is 2. The SMILES string of the molecule is Cc1ccc(C(=O)Nc2c3c(nn2C2CCS(=O)(=O)C2)CSC3)cc1. The number of amides is 1. The predicted octanol–water partition coefficient (Wildman–Crippen LogP) is 2.55. The first-order valence-electron chi connectivity index (χ1n) is 8.19. The third-order valence-corrected chi connectivity index (χ3v) is 7.40. The maximum atomic E-state index is 12.6. The van der Waals surface area contributed by atoms with Crippen LogP contribution in [0.25, 0.3) is 0 Å². The number of sulfone groups is 1. The fourth-order valence-electron chi connectivity index (χ4n) is 3.28. The van der Waals surface area contributed by atoms with E-state index in [0.717, 1.165) is 28.3 Å². The zero-order valence-electron chi connectivity index (χ0n) is 13.9. The van der Waals surface area contributed by atoms with Crippen molar-refractivity contribution in [2.24, 2.45) is 0 Å². The molecule has 1 aromatic carbocycles. The minimum absolute atomic E-state index is 0.0914. The number of rotatable bonds is 3. The number of benzene rings is 1. The number of thioether (sulfide) groups is 1. The lowest BCUT2D eigenvalue weighted by Gasteiger charge is -2.15. The molecular weight excluding hydrogens is 358 g/mol. The Morgan fingerprint density at radius 3 is 2.72 bits per heavy atom. The Morgan fingerprint density at radius 2 is 2.04 bits per heavy atom. The van der Waals surface area contributed by atoms with Gasteiger partial charge >= 0.3 is 0 Å². The van der Waals surface area contributed by atoms with Crippen LogP contribution in [0.15, 0.2) is 24.3 Å². The number of aryl methyl sites for hydroxylation is 1. The van der Waals surface area contributed by atoms with Gasteiger partial charge < -0.3 is 5.32 Å². The molecule has 2 aliphatic rings. The second kappa shape index (κ2) is 6.17. The van der Waals surface area contributed by atoms with Crippen molar-refractivity contribution in [1.82, 2.24) is 9.78 Å². The molecule has 8 heteroatoms. The normalized spacial score (nSPS) is 21.2. The third-order valence-electron chi connectivity index (χ3n) is 4.68. The van der Waals surface area contributed by atoms with Crippen molar-refractivity contribution in [3.05, 3.63) is 46.6 Å². The molecule has 1 aromatic heterocycles.